The lowest BCUT2D eigenvalue weighted by Gasteiger charge is -2.07. The van der Waals surface area contributed by atoms with E-state index in [-0.39, 0.29) is 18.0 Å². The lowest BCUT2D eigenvalue weighted by molar-refractivity contribution is -0.116. The van der Waals surface area contributed by atoms with Gasteiger partial charge >= 0.3 is 0 Å². The Morgan fingerprint density at radius 2 is 1.87 bits per heavy atom. The second-order valence-electron chi connectivity index (χ2n) is 3.86. The molecule has 15 heavy (non-hydrogen) atoms. The second kappa shape index (κ2) is 3.77. The molecule has 1 fully saturated rings. The summed E-state index contributed by atoms with van der Waals surface area (Å²) in [5.41, 5.74) is 0.973. The van der Waals surface area contributed by atoms with Crippen LogP contribution in [0.3, 0.4) is 0 Å². The van der Waals surface area contributed by atoms with Crippen LogP contribution in [0.25, 0.3) is 0 Å². The zero-order chi connectivity index (χ0) is 10.9. The standard InChI is InChI=1S/C11H12O3S/c12-10-7-11(15(13,14)8-10)6-9-4-2-1-3-5-9/h1-5,11H,6-8H2. The molecule has 1 atom stereocenters. The van der Waals surface area contributed by atoms with Gasteiger partial charge in [0.25, 0.3) is 0 Å². The first-order valence-corrected chi connectivity index (χ1v) is 6.57. The molecule has 1 aliphatic rings. The van der Waals surface area contributed by atoms with Crippen LogP contribution in [0.1, 0.15) is 12.0 Å². The van der Waals surface area contributed by atoms with Gasteiger partial charge in [-0.3, -0.25) is 4.79 Å². The zero-order valence-electron chi connectivity index (χ0n) is 8.22. The van der Waals surface area contributed by atoms with Gasteiger partial charge in [-0.05, 0) is 12.0 Å². The lowest BCUT2D eigenvalue weighted by Crippen LogP contribution is -2.18. The minimum Gasteiger partial charge on any atom is -0.299 e. The summed E-state index contributed by atoms with van der Waals surface area (Å²) in [6.45, 7) is 0. The molecule has 1 aromatic carbocycles. The van der Waals surface area contributed by atoms with E-state index in [1.807, 2.05) is 30.3 Å². The van der Waals surface area contributed by atoms with Gasteiger partial charge in [-0.25, -0.2) is 8.42 Å². The number of hydrogen-bond acceptors (Lipinski definition) is 3. The van der Waals surface area contributed by atoms with Crippen LogP contribution in [0.15, 0.2) is 30.3 Å². The Bertz CT molecular complexity index is 462. The molecule has 4 heteroatoms. The fourth-order valence-corrected chi connectivity index (χ4v) is 3.55. The molecule has 0 amide bonds. The molecule has 1 heterocycles. The SMILES string of the molecule is O=C1CC(Cc2ccccc2)S(=O)(=O)C1. The van der Waals surface area contributed by atoms with Crippen LogP contribution in [0.4, 0.5) is 0 Å². The van der Waals surface area contributed by atoms with Crippen molar-refractivity contribution in [2.75, 3.05) is 5.75 Å². The van der Waals surface area contributed by atoms with Gasteiger partial charge in [0.1, 0.15) is 11.5 Å². The maximum atomic E-state index is 11.6. The van der Waals surface area contributed by atoms with Crippen LogP contribution in [0.5, 0.6) is 0 Å². The van der Waals surface area contributed by atoms with E-state index < -0.39 is 15.1 Å². The van der Waals surface area contributed by atoms with Crippen LogP contribution in [0, 0.1) is 0 Å². The van der Waals surface area contributed by atoms with Crippen LogP contribution in [-0.2, 0) is 21.1 Å². The minimum absolute atomic E-state index is 0.157. The molecule has 0 bridgehead atoms. The van der Waals surface area contributed by atoms with Gasteiger partial charge in [-0.15, -0.1) is 0 Å². The van der Waals surface area contributed by atoms with Crippen molar-refractivity contribution >= 4 is 15.6 Å². The quantitative estimate of drug-likeness (QED) is 0.752. The van der Waals surface area contributed by atoms with Gasteiger partial charge in [-0.2, -0.15) is 0 Å². The molecule has 0 radical (unpaired) electrons. The Labute approximate surface area is 89.0 Å². The summed E-state index contributed by atoms with van der Waals surface area (Å²) in [6.07, 6.45) is 0.631. The molecule has 0 aliphatic carbocycles. The third-order valence-electron chi connectivity index (χ3n) is 2.63. The van der Waals surface area contributed by atoms with E-state index in [1.165, 1.54) is 0 Å². The summed E-state index contributed by atoms with van der Waals surface area (Å²) < 4.78 is 23.1. The Hall–Kier alpha value is -1.16. The first kappa shape index (κ1) is 10.4. The van der Waals surface area contributed by atoms with Crippen molar-refractivity contribution in [3.05, 3.63) is 35.9 Å². The number of hydrogen-bond donors (Lipinski definition) is 0. The topological polar surface area (TPSA) is 51.2 Å². The van der Waals surface area contributed by atoms with E-state index in [4.69, 9.17) is 0 Å². The Balaban J connectivity index is 2.17. The van der Waals surface area contributed by atoms with Crippen LogP contribution in [0.2, 0.25) is 0 Å². The lowest BCUT2D eigenvalue weighted by atomic mass is 10.1. The average Bonchev–Trinajstić information content (AvgIpc) is 2.41. The van der Waals surface area contributed by atoms with E-state index in [9.17, 15) is 13.2 Å². The number of rotatable bonds is 2. The molecule has 0 aromatic heterocycles. The molecule has 1 aromatic rings. The van der Waals surface area contributed by atoms with E-state index in [0.717, 1.165) is 5.56 Å². The fraction of sp³-hybridized carbons (Fsp3) is 0.364. The third-order valence-corrected chi connectivity index (χ3v) is 4.70. The zero-order valence-corrected chi connectivity index (χ0v) is 9.03. The van der Waals surface area contributed by atoms with Crippen LogP contribution < -0.4 is 0 Å². The van der Waals surface area contributed by atoms with E-state index in [1.54, 1.807) is 0 Å². The van der Waals surface area contributed by atoms with Crippen molar-refractivity contribution in [1.29, 1.82) is 0 Å². The largest absolute Gasteiger partial charge is 0.299 e. The van der Waals surface area contributed by atoms with Gasteiger partial charge < -0.3 is 0 Å². The average molecular weight is 224 g/mol. The Morgan fingerprint density at radius 3 is 2.40 bits per heavy atom. The highest BCUT2D eigenvalue weighted by molar-refractivity contribution is 7.93. The summed E-state index contributed by atoms with van der Waals surface area (Å²) in [5, 5.41) is -0.507. The summed E-state index contributed by atoms with van der Waals surface area (Å²) >= 11 is 0. The predicted molar refractivity (Wildman–Crippen MR) is 57.3 cm³/mol. The van der Waals surface area contributed by atoms with Crippen molar-refractivity contribution in [2.45, 2.75) is 18.1 Å². The highest BCUT2D eigenvalue weighted by Crippen LogP contribution is 2.21. The molecule has 1 unspecified atom stereocenters. The highest BCUT2D eigenvalue weighted by Gasteiger charge is 2.36. The van der Waals surface area contributed by atoms with Crippen LogP contribution in [-0.4, -0.2) is 25.2 Å². The fourth-order valence-electron chi connectivity index (χ4n) is 1.86. The molecule has 1 saturated heterocycles. The monoisotopic (exact) mass is 224 g/mol. The molecule has 2 rings (SSSR count). The molecular formula is C11H12O3S. The smallest absolute Gasteiger partial charge is 0.161 e. The second-order valence-corrected chi connectivity index (χ2v) is 6.14. The Kier molecular flexibility index (Phi) is 2.61. The molecule has 0 N–H and O–H groups in total. The summed E-state index contributed by atoms with van der Waals surface area (Å²) in [4.78, 5) is 11.1. The number of carbonyl (C=O) groups is 1. The van der Waals surface area contributed by atoms with Crippen molar-refractivity contribution in [3.8, 4) is 0 Å². The van der Waals surface area contributed by atoms with Gasteiger partial charge in [0, 0.05) is 6.42 Å². The number of carbonyl (C=O) groups excluding carboxylic acids is 1. The predicted octanol–water partition coefficient (Wildman–Crippen LogP) is 0.985. The van der Waals surface area contributed by atoms with Gasteiger partial charge in [0.05, 0.1) is 5.25 Å². The highest BCUT2D eigenvalue weighted by atomic mass is 32.2. The van der Waals surface area contributed by atoms with Crippen molar-refractivity contribution in [1.82, 2.24) is 0 Å². The molecule has 1 aliphatic heterocycles. The number of benzene rings is 1. The number of Topliss-reactive ketones (excluding diaryl/α,β-unsaturated/α-hetero) is 1. The molecule has 3 nitrogen and oxygen atoms in total. The summed E-state index contributed by atoms with van der Waals surface area (Å²) in [5.74, 6) is -0.430. The molecule has 0 saturated carbocycles. The van der Waals surface area contributed by atoms with Gasteiger partial charge in [-0.1, -0.05) is 30.3 Å². The number of ketones is 1. The molecule has 80 valence electrons. The number of sulfone groups is 1. The first-order chi connectivity index (χ1) is 7.08. The van der Waals surface area contributed by atoms with E-state index in [0.29, 0.717) is 6.42 Å². The first-order valence-electron chi connectivity index (χ1n) is 4.85. The van der Waals surface area contributed by atoms with E-state index >= 15 is 0 Å². The van der Waals surface area contributed by atoms with Crippen molar-refractivity contribution in [2.24, 2.45) is 0 Å². The van der Waals surface area contributed by atoms with E-state index in [2.05, 4.69) is 0 Å². The van der Waals surface area contributed by atoms with Crippen molar-refractivity contribution in [3.63, 3.8) is 0 Å². The van der Waals surface area contributed by atoms with Gasteiger partial charge in [0.2, 0.25) is 0 Å². The van der Waals surface area contributed by atoms with Gasteiger partial charge in [0.15, 0.2) is 9.84 Å². The summed E-state index contributed by atoms with van der Waals surface area (Å²) in [6, 6.07) is 9.41. The normalized spacial score (nSPS) is 24.3. The van der Waals surface area contributed by atoms with Crippen LogP contribution >= 0.6 is 0 Å². The molecule has 0 spiro atoms. The molecular weight excluding hydrogens is 212 g/mol. The van der Waals surface area contributed by atoms with Crippen molar-refractivity contribution < 1.29 is 13.2 Å². The third kappa shape index (κ3) is 2.26. The maximum Gasteiger partial charge on any atom is 0.161 e. The Morgan fingerprint density at radius 1 is 1.20 bits per heavy atom. The maximum absolute atomic E-state index is 11.6. The minimum atomic E-state index is -3.18. The summed E-state index contributed by atoms with van der Waals surface area (Å²) in [7, 11) is -3.18.